The molecular weight excluding hydrogens is 410 g/mol. The number of carbonyl (C=O) groups is 1. The second-order valence-electron chi connectivity index (χ2n) is 5.63. The molecule has 3 aromatic carbocycles. The number of phenols is 1. The molecule has 9 nitrogen and oxygen atoms in total. The van der Waals surface area contributed by atoms with Crippen LogP contribution in [0.4, 0.5) is 5.69 Å². The van der Waals surface area contributed by atoms with Crippen molar-refractivity contribution in [1.82, 2.24) is 0 Å². The van der Waals surface area contributed by atoms with Gasteiger partial charge in [-0.1, -0.05) is 18.2 Å². The van der Waals surface area contributed by atoms with E-state index in [1.807, 2.05) is 0 Å². The number of phenolic OH excluding ortho intramolecular Hbond substituents is 1. The Hall–Kier alpha value is -2.99. The molecule has 145 valence electrons. The van der Waals surface area contributed by atoms with E-state index in [-0.39, 0.29) is 11.3 Å². The Morgan fingerprint density at radius 1 is 0.857 bits per heavy atom. The van der Waals surface area contributed by atoms with E-state index >= 15 is 0 Å². The molecule has 0 aliphatic heterocycles. The van der Waals surface area contributed by atoms with Crippen LogP contribution in [0.5, 0.6) is 5.75 Å². The van der Waals surface area contributed by atoms with Gasteiger partial charge in [0.2, 0.25) is 0 Å². The van der Waals surface area contributed by atoms with Crippen LogP contribution < -0.4 is 5.32 Å². The van der Waals surface area contributed by atoms with Gasteiger partial charge in [0.05, 0.1) is 11.1 Å². The van der Waals surface area contributed by atoms with Crippen molar-refractivity contribution in [2.45, 2.75) is 9.79 Å². The fourth-order valence-corrected chi connectivity index (χ4v) is 4.11. The maximum atomic E-state index is 12.4. The standard InChI is InChI=1S/C17H12NO8S2/c19-12-7-9-14(28(24,25)26)16-13(27(21,22)23)8-6-11(15(12)16)18-17(20)10-4-2-1-3-5-10/h1-6,8-9,19H,(H,18,20)(H,21,22,23)(H,24,25,26). The highest BCUT2D eigenvalue weighted by molar-refractivity contribution is 7.87. The molecule has 0 aromatic heterocycles. The van der Waals surface area contributed by atoms with Crippen LogP contribution in [0.2, 0.25) is 0 Å². The van der Waals surface area contributed by atoms with Gasteiger partial charge >= 0.3 is 0 Å². The summed E-state index contributed by atoms with van der Waals surface area (Å²) in [6.45, 7) is 0. The van der Waals surface area contributed by atoms with Gasteiger partial charge in [-0.05, 0) is 30.3 Å². The minimum atomic E-state index is -4.96. The summed E-state index contributed by atoms with van der Waals surface area (Å²) in [7, 11) is -9.90. The number of aromatic hydroxyl groups is 1. The van der Waals surface area contributed by atoms with Gasteiger partial charge in [0.15, 0.2) is 0 Å². The first kappa shape index (κ1) is 19.8. The van der Waals surface area contributed by atoms with E-state index < -0.39 is 52.5 Å². The van der Waals surface area contributed by atoms with Gasteiger partial charge in [-0.25, -0.2) is 0 Å². The van der Waals surface area contributed by atoms with Gasteiger partial charge in [0.1, 0.15) is 15.5 Å². The van der Waals surface area contributed by atoms with E-state index in [0.717, 1.165) is 12.1 Å². The first-order chi connectivity index (χ1) is 13.0. The summed E-state index contributed by atoms with van der Waals surface area (Å²) in [5, 5.41) is 11.5. The second-order valence-corrected chi connectivity index (χ2v) is 8.41. The van der Waals surface area contributed by atoms with Crippen molar-refractivity contribution in [3.63, 3.8) is 0 Å². The van der Waals surface area contributed by atoms with Crippen molar-refractivity contribution in [2.75, 3.05) is 5.32 Å². The molecule has 28 heavy (non-hydrogen) atoms. The van der Waals surface area contributed by atoms with Crippen LogP contribution in [0, 0.1) is 6.07 Å². The number of benzene rings is 3. The molecule has 3 aromatic rings. The highest BCUT2D eigenvalue weighted by Gasteiger charge is 2.26. The Morgan fingerprint density at radius 2 is 1.46 bits per heavy atom. The van der Waals surface area contributed by atoms with E-state index in [1.165, 1.54) is 12.1 Å². The molecule has 1 radical (unpaired) electrons. The van der Waals surface area contributed by atoms with Crippen molar-refractivity contribution in [2.24, 2.45) is 0 Å². The summed E-state index contributed by atoms with van der Waals surface area (Å²) in [5.74, 6) is -1.32. The minimum absolute atomic E-state index is 0.157. The van der Waals surface area contributed by atoms with E-state index in [1.54, 1.807) is 18.2 Å². The molecule has 0 spiro atoms. The first-order valence-electron chi connectivity index (χ1n) is 7.52. The van der Waals surface area contributed by atoms with Crippen LogP contribution in [0.15, 0.2) is 58.3 Å². The number of carbonyl (C=O) groups excluding carboxylic acids is 1. The normalized spacial score (nSPS) is 12.1. The van der Waals surface area contributed by atoms with Crippen molar-refractivity contribution < 1.29 is 35.8 Å². The van der Waals surface area contributed by atoms with Crippen LogP contribution in [-0.2, 0) is 20.2 Å². The van der Waals surface area contributed by atoms with E-state index in [4.69, 9.17) is 0 Å². The minimum Gasteiger partial charge on any atom is -0.507 e. The predicted molar refractivity (Wildman–Crippen MR) is 98.5 cm³/mol. The van der Waals surface area contributed by atoms with Crippen molar-refractivity contribution in [3.05, 3.63) is 60.2 Å². The van der Waals surface area contributed by atoms with Crippen molar-refractivity contribution in [3.8, 4) is 5.75 Å². The third kappa shape index (κ3) is 3.68. The third-order valence-electron chi connectivity index (χ3n) is 3.83. The number of rotatable bonds is 4. The molecule has 0 saturated heterocycles. The fraction of sp³-hybridized carbons (Fsp3) is 0. The highest BCUT2D eigenvalue weighted by Crippen LogP contribution is 2.39. The number of hydrogen-bond donors (Lipinski definition) is 4. The lowest BCUT2D eigenvalue weighted by atomic mass is 10.1. The zero-order chi connectivity index (χ0) is 20.7. The molecule has 0 bridgehead atoms. The van der Waals surface area contributed by atoms with Gasteiger partial charge in [0.25, 0.3) is 26.1 Å². The number of fused-ring (bicyclic) bond motifs is 1. The number of hydrogen-bond acceptors (Lipinski definition) is 6. The number of nitrogens with one attached hydrogen (secondary N) is 1. The molecule has 0 atom stereocenters. The molecule has 11 heteroatoms. The molecular formula is C17H12NO8S2. The maximum absolute atomic E-state index is 12.4. The van der Waals surface area contributed by atoms with E-state index in [2.05, 4.69) is 11.4 Å². The Bertz CT molecular complexity index is 1260. The van der Waals surface area contributed by atoms with Gasteiger partial charge < -0.3 is 10.4 Å². The van der Waals surface area contributed by atoms with Gasteiger partial charge in [-0.15, -0.1) is 0 Å². The summed E-state index contributed by atoms with van der Waals surface area (Å²) < 4.78 is 65.6. The van der Waals surface area contributed by atoms with Crippen LogP contribution in [0.3, 0.4) is 0 Å². The van der Waals surface area contributed by atoms with Gasteiger partial charge in [-0.2, -0.15) is 16.8 Å². The van der Waals surface area contributed by atoms with Crippen molar-refractivity contribution >= 4 is 42.6 Å². The Balaban J connectivity index is 2.34. The quantitative estimate of drug-likeness (QED) is 0.465. The zero-order valence-electron chi connectivity index (χ0n) is 13.8. The summed E-state index contributed by atoms with van der Waals surface area (Å²) in [5.41, 5.74) is 0.0828. The average molecular weight is 422 g/mol. The molecule has 3 rings (SSSR count). The number of anilines is 1. The summed E-state index contributed by atoms with van der Waals surface area (Å²) in [6.07, 6.45) is 0. The average Bonchev–Trinajstić information content (AvgIpc) is 2.60. The molecule has 4 N–H and O–H groups in total. The molecule has 1 amide bonds. The van der Waals surface area contributed by atoms with Crippen LogP contribution in [0.1, 0.15) is 10.4 Å². The summed E-state index contributed by atoms with van der Waals surface area (Å²) in [4.78, 5) is 10.6. The SMILES string of the molecule is O=C(Nc1ccc(S(=O)(=O)O)c2c(S(=O)(=O)O)c[c]c(O)c12)c1ccccc1. The first-order valence-corrected chi connectivity index (χ1v) is 10.4. The lowest BCUT2D eigenvalue weighted by Crippen LogP contribution is -2.13. The monoisotopic (exact) mass is 422 g/mol. The van der Waals surface area contributed by atoms with Crippen LogP contribution in [-0.4, -0.2) is 37.0 Å². The Morgan fingerprint density at radius 3 is 2.04 bits per heavy atom. The smallest absolute Gasteiger partial charge is 0.295 e. The second kappa shape index (κ2) is 6.87. The third-order valence-corrected chi connectivity index (χ3v) is 5.60. The van der Waals surface area contributed by atoms with Gasteiger partial charge in [0, 0.05) is 17.0 Å². The Kier molecular flexibility index (Phi) is 4.85. The molecule has 0 heterocycles. The number of amides is 1. The summed E-state index contributed by atoms with van der Waals surface area (Å²) >= 11 is 0. The van der Waals surface area contributed by atoms with Gasteiger partial charge in [-0.3, -0.25) is 13.9 Å². The predicted octanol–water partition coefficient (Wildman–Crippen LogP) is 2.09. The topological polar surface area (TPSA) is 158 Å². The molecule has 0 unspecified atom stereocenters. The largest absolute Gasteiger partial charge is 0.507 e. The lowest BCUT2D eigenvalue weighted by molar-refractivity contribution is 0.102. The molecule has 0 aliphatic carbocycles. The molecule has 0 fully saturated rings. The highest BCUT2D eigenvalue weighted by atomic mass is 32.2. The van der Waals surface area contributed by atoms with E-state index in [9.17, 15) is 35.8 Å². The zero-order valence-corrected chi connectivity index (χ0v) is 15.5. The molecule has 0 saturated carbocycles. The van der Waals surface area contributed by atoms with Crippen LogP contribution in [0.25, 0.3) is 10.8 Å². The lowest BCUT2D eigenvalue weighted by Gasteiger charge is -2.14. The maximum Gasteiger partial charge on any atom is 0.295 e. The van der Waals surface area contributed by atoms with E-state index in [0.29, 0.717) is 6.07 Å². The van der Waals surface area contributed by atoms with Crippen molar-refractivity contribution in [1.29, 1.82) is 0 Å². The summed E-state index contributed by atoms with van der Waals surface area (Å²) in [6, 6.07) is 12.6. The fourth-order valence-electron chi connectivity index (χ4n) is 2.66. The molecule has 0 aliphatic rings. The Labute approximate surface area is 159 Å². The van der Waals surface area contributed by atoms with Crippen LogP contribution >= 0.6 is 0 Å².